The van der Waals surface area contributed by atoms with Crippen molar-refractivity contribution < 1.29 is 0 Å². The molecule has 2 heterocycles. The molecule has 1 aromatic carbocycles. The smallest absolute Gasteiger partial charge is 0.110 e. The second-order valence-corrected chi connectivity index (χ2v) is 4.78. The minimum atomic E-state index is 0.959. The van der Waals surface area contributed by atoms with Crippen molar-refractivity contribution in [3.63, 3.8) is 0 Å². The van der Waals surface area contributed by atoms with Gasteiger partial charge < -0.3 is 9.13 Å². The highest BCUT2D eigenvalue weighted by molar-refractivity contribution is 5.80. The number of rotatable bonds is 3. The summed E-state index contributed by atoms with van der Waals surface area (Å²) in [4.78, 5) is 4.36. The molecule has 0 fully saturated rings. The molecular formula is C15H17N3. The predicted octanol–water partition coefficient (Wildman–Crippen LogP) is 2.93. The lowest BCUT2D eigenvalue weighted by atomic mass is 10.2. The predicted molar refractivity (Wildman–Crippen MR) is 73.6 cm³/mol. The molecule has 18 heavy (non-hydrogen) atoms. The van der Waals surface area contributed by atoms with Crippen LogP contribution in [0.1, 0.15) is 11.4 Å². The van der Waals surface area contributed by atoms with E-state index in [0.29, 0.717) is 0 Å². The van der Waals surface area contributed by atoms with Crippen LogP contribution >= 0.6 is 0 Å². The summed E-state index contributed by atoms with van der Waals surface area (Å²) in [6, 6.07) is 8.77. The highest BCUT2D eigenvalue weighted by Gasteiger charge is 2.03. The minimum Gasteiger partial charge on any atom is -0.347 e. The highest BCUT2D eigenvalue weighted by Crippen LogP contribution is 2.17. The quantitative estimate of drug-likeness (QED) is 0.689. The Morgan fingerprint density at radius 2 is 2.06 bits per heavy atom. The molecule has 0 radical (unpaired) electrons. The van der Waals surface area contributed by atoms with Crippen LogP contribution in [0.4, 0.5) is 0 Å². The lowest BCUT2D eigenvalue weighted by Gasteiger charge is -2.06. The van der Waals surface area contributed by atoms with Gasteiger partial charge in [0.25, 0.3) is 0 Å². The molecule has 0 aliphatic rings. The molecule has 0 spiro atoms. The normalized spacial score (nSPS) is 11.2. The Labute approximate surface area is 107 Å². The Bertz CT molecular complexity index is 676. The van der Waals surface area contributed by atoms with E-state index in [9.17, 15) is 0 Å². The third-order valence-corrected chi connectivity index (χ3v) is 3.42. The first kappa shape index (κ1) is 11.1. The van der Waals surface area contributed by atoms with E-state index in [-0.39, 0.29) is 0 Å². The van der Waals surface area contributed by atoms with Crippen LogP contribution in [0.3, 0.4) is 0 Å². The van der Waals surface area contributed by atoms with Gasteiger partial charge in [-0.1, -0.05) is 11.6 Å². The number of aromatic nitrogens is 3. The summed E-state index contributed by atoms with van der Waals surface area (Å²) >= 11 is 0. The van der Waals surface area contributed by atoms with Crippen molar-refractivity contribution in [3.05, 3.63) is 54.2 Å². The third kappa shape index (κ3) is 1.92. The Morgan fingerprint density at radius 3 is 2.83 bits per heavy atom. The van der Waals surface area contributed by atoms with Crippen molar-refractivity contribution in [2.75, 3.05) is 0 Å². The maximum Gasteiger partial charge on any atom is 0.110 e. The zero-order chi connectivity index (χ0) is 12.5. The van der Waals surface area contributed by atoms with Crippen molar-refractivity contribution in [1.29, 1.82) is 0 Å². The Kier molecular flexibility index (Phi) is 2.67. The van der Waals surface area contributed by atoms with Gasteiger partial charge in [0, 0.05) is 44.1 Å². The maximum absolute atomic E-state index is 4.36. The molecule has 0 unspecified atom stereocenters. The maximum atomic E-state index is 4.36. The fourth-order valence-electron chi connectivity index (χ4n) is 2.37. The molecular weight excluding hydrogens is 222 g/mol. The van der Waals surface area contributed by atoms with Gasteiger partial charge in [0.2, 0.25) is 0 Å². The van der Waals surface area contributed by atoms with Gasteiger partial charge in [-0.05, 0) is 30.5 Å². The van der Waals surface area contributed by atoms with E-state index in [1.807, 2.05) is 19.4 Å². The molecule has 0 amide bonds. The summed E-state index contributed by atoms with van der Waals surface area (Å²) < 4.78 is 4.37. The molecule has 0 aliphatic carbocycles. The van der Waals surface area contributed by atoms with Gasteiger partial charge in [-0.15, -0.1) is 0 Å². The van der Waals surface area contributed by atoms with Crippen LogP contribution in [0.2, 0.25) is 0 Å². The molecule has 0 atom stereocenters. The van der Waals surface area contributed by atoms with E-state index in [2.05, 4.69) is 51.5 Å². The summed E-state index contributed by atoms with van der Waals surface area (Å²) in [6.07, 6.45) is 6.97. The monoisotopic (exact) mass is 239 g/mol. The van der Waals surface area contributed by atoms with Crippen LogP contribution in [-0.4, -0.2) is 14.1 Å². The Morgan fingerprint density at radius 1 is 1.17 bits per heavy atom. The number of hydrogen-bond donors (Lipinski definition) is 0. The SMILES string of the molecule is Cc1ccc2c(ccn2CCc2nccn2C)c1. The van der Waals surface area contributed by atoms with Crippen molar-refractivity contribution in [3.8, 4) is 0 Å². The highest BCUT2D eigenvalue weighted by atomic mass is 15.0. The average molecular weight is 239 g/mol. The van der Waals surface area contributed by atoms with Crippen LogP contribution in [0.25, 0.3) is 10.9 Å². The summed E-state index contributed by atoms with van der Waals surface area (Å²) in [5, 5.41) is 1.31. The van der Waals surface area contributed by atoms with Crippen LogP contribution in [0.5, 0.6) is 0 Å². The van der Waals surface area contributed by atoms with Gasteiger partial charge in [0.15, 0.2) is 0 Å². The second-order valence-electron chi connectivity index (χ2n) is 4.78. The van der Waals surface area contributed by atoms with E-state index in [0.717, 1.165) is 18.8 Å². The first-order chi connectivity index (χ1) is 8.74. The molecule has 3 aromatic rings. The summed E-state index contributed by atoms with van der Waals surface area (Å²) in [6.45, 7) is 3.10. The van der Waals surface area contributed by atoms with Gasteiger partial charge in [-0.2, -0.15) is 0 Å². The van der Waals surface area contributed by atoms with Crippen LogP contribution in [0, 0.1) is 6.92 Å². The molecule has 0 bridgehead atoms. The van der Waals surface area contributed by atoms with Crippen LogP contribution < -0.4 is 0 Å². The summed E-state index contributed by atoms with van der Waals surface area (Å²) in [5.74, 6) is 1.13. The Hall–Kier alpha value is -2.03. The number of benzene rings is 1. The molecule has 3 heteroatoms. The molecule has 2 aromatic heterocycles. The molecule has 0 saturated heterocycles. The molecule has 0 saturated carbocycles. The standard InChI is InChI=1S/C15H17N3/c1-12-3-4-14-13(11-12)5-8-18(14)9-6-15-16-7-10-17(15)2/h3-5,7-8,10-11H,6,9H2,1-2H3. The van der Waals surface area contributed by atoms with Crippen molar-refractivity contribution in [2.24, 2.45) is 7.05 Å². The van der Waals surface area contributed by atoms with Crippen LogP contribution in [0.15, 0.2) is 42.9 Å². The topological polar surface area (TPSA) is 22.8 Å². The van der Waals surface area contributed by atoms with Crippen molar-refractivity contribution in [2.45, 2.75) is 19.9 Å². The second kappa shape index (κ2) is 4.33. The molecule has 3 rings (SSSR count). The Balaban J connectivity index is 1.85. The van der Waals surface area contributed by atoms with E-state index >= 15 is 0 Å². The zero-order valence-corrected chi connectivity index (χ0v) is 10.8. The molecule has 3 nitrogen and oxygen atoms in total. The van der Waals surface area contributed by atoms with Crippen molar-refractivity contribution >= 4 is 10.9 Å². The van der Waals surface area contributed by atoms with Gasteiger partial charge in [-0.3, -0.25) is 0 Å². The average Bonchev–Trinajstić information content (AvgIpc) is 2.93. The molecule has 0 N–H and O–H groups in total. The lowest BCUT2D eigenvalue weighted by molar-refractivity contribution is 0.668. The lowest BCUT2D eigenvalue weighted by Crippen LogP contribution is -2.04. The van der Waals surface area contributed by atoms with Crippen molar-refractivity contribution in [1.82, 2.24) is 14.1 Å². The van der Waals surface area contributed by atoms with Gasteiger partial charge in [-0.25, -0.2) is 4.98 Å². The van der Waals surface area contributed by atoms with E-state index < -0.39 is 0 Å². The fourth-order valence-corrected chi connectivity index (χ4v) is 2.37. The first-order valence-corrected chi connectivity index (χ1v) is 6.26. The number of hydrogen-bond acceptors (Lipinski definition) is 1. The molecule has 92 valence electrons. The van der Waals surface area contributed by atoms with E-state index in [1.54, 1.807) is 0 Å². The number of fused-ring (bicyclic) bond motifs is 1. The minimum absolute atomic E-state index is 0.959. The number of nitrogens with zero attached hydrogens (tertiary/aromatic N) is 3. The van der Waals surface area contributed by atoms with Gasteiger partial charge in [0.05, 0.1) is 0 Å². The largest absolute Gasteiger partial charge is 0.347 e. The van der Waals surface area contributed by atoms with Gasteiger partial charge >= 0.3 is 0 Å². The first-order valence-electron chi connectivity index (χ1n) is 6.26. The zero-order valence-electron chi connectivity index (χ0n) is 10.8. The number of imidazole rings is 1. The fraction of sp³-hybridized carbons (Fsp3) is 0.267. The third-order valence-electron chi connectivity index (χ3n) is 3.42. The van der Waals surface area contributed by atoms with E-state index in [4.69, 9.17) is 0 Å². The summed E-state index contributed by atoms with van der Waals surface area (Å²) in [7, 11) is 2.04. The summed E-state index contributed by atoms with van der Waals surface area (Å²) in [5.41, 5.74) is 2.61. The molecule has 0 aliphatic heterocycles. The number of aryl methyl sites for hydroxylation is 4. The van der Waals surface area contributed by atoms with Crippen LogP contribution in [-0.2, 0) is 20.0 Å². The van der Waals surface area contributed by atoms with Gasteiger partial charge in [0.1, 0.15) is 5.82 Å². The van der Waals surface area contributed by atoms with E-state index in [1.165, 1.54) is 16.5 Å².